The lowest BCUT2D eigenvalue weighted by Gasteiger charge is -2.07. The molecule has 0 spiro atoms. The highest BCUT2D eigenvalue weighted by atomic mass is 32.1. The van der Waals surface area contributed by atoms with Gasteiger partial charge in [0.05, 0.1) is 18.7 Å². The van der Waals surface area contributed by atoms with Gasteiger partial charge in [-0.15, -0.1) is 11.3 Å². The van der Waals surface area contributed by atoms with Crippen LogP contribution in [0.4, 0.5) is 0 Å². The van der Waals surface area contributed by atoms with Crippen LogP contribution in [0.5, 0.6) is 5.75 Å². The lowest BCUT2D eigenvalue weighted by molar-refractivity contribution is 0.415. The first kappa shape index (κ1) is 15.4. The molecule has 2 aromatic carbocycles. The van der Waals surface area contributed by atoms with E-state index >= 15 is 0 Å². The molecule has 0 aliphatic rings. The van der Waals surface area contributed by atoms with E-state index < -0.39 is 0 Å². The predicted molar refractivity (Wildman–Crippen MR) is 102 cm³/mol. The van der Waals surface area contributed by atoms with Crippen molar-refractivity contribution < 1.29 is 4.74 Å². The van der Waals surface area contributed by atoms with Crippen LogP contribution < -0.4 is 4.74 Å². The van der Waals surface area contributed by atoms with E-state index in [2.05, 4.69) is 29.3 Å². The molecule has 120 valence electrons. The van der Waals surface area contributed by atoms with Crippen molar-refractivity contribution in [1.29, 1.82) is 5.26 Å². The van der Waals surface area contributed by atoms with Crippen LogP contribution >= 0.6 is 11.3 Å². The molecule has 0 aliphatic heterocycles. The normalized spacial score (nSPS) is 10.6. The number of nitriles is 1. The molecule has 0 bridgehead atoms. The highest BCUT2D eigenvalue weighted by Gasteiger charge is 2.16. The molecule has 0 aliphatic carbocycles. The number of hydrogen-bond donors (Lipinski definition) is 0. The summed E-state index contributed by atoms with van der Waals surface area (Å²) in [5.74, 6) is 0.835. The van der Waals surface area contributed by atoms with Crippen LogP contribution in [0, 0.1) is 11.3 Å². The fraction of sp³-hybridized carbons (Fsp3) is 0.0476. The van der Waals surface area contributed by atoms with Crippen LogP contribution in [0.25, 0.3) is 31.8 Å². The Bertz CT molecular complexity index is 1070. The summed E-state index contributed by atoms with van der Waals surface area (Å²) >= 11 is 1.67. The van der Waals surface area contributed by atoms with E-state index in [1.54, 1.807) is 18.4 Å². The molecule has 3 nitrogen and oxygen atoms in total. The maximum absolute atomic E-state index is 9.03. The minimum Gasteiger partial charge on any atom is -0.497 e. The van der Waals surface area contributed by atoms with Gasteiger partial charge in [-0.1, -0.05) is 24.3 Å². The molecule has 0 radical (unpaired) electrons. The average Bonchev–Trinajstić information content (AvgIpc) is 3.07. The Morgan fingerprint density at radius 1 is 0.960 bits per heavy atom. The van der Waals surface area contributed by atoms with E-state index in [0.717, 1.165) is 32.0 Å². The second-order valence-electron chi connectivity index (χ2n) is 5.58. The van der Waals surface area contributed by atoms with Crippen LogP contribution in [0.15, 0.2) is 66.9 Å². The summed E-state index contributed by atoms with van der Waals surface area (Å²) in [5.41, 5.74) is 4.04. The number of fused-ring (bicyclic) bond motifs is 1. The summed E-state index contributed by atoms with van der Waals surface area (Å²) in [5, 5.41) is 10.2. The molecular weight excluding hydrogens is 328 g/mol. The fourth-order valence-electron chi connectivity index (χ4n) is 2.88. The Labute approximate surface area is 149 Å². The zero-order chi connectivity index (χ0) is 17.2. The summed E-state index contributed by atoms with van der Waals surface area (Å²) in [7, 11) is 1.67. The number of methoxy groups -OCH3 is 1. The van der Waals surface area contributed by atoms with Crippen LogP contribution in [-0.4, -0.2) is 12.1 Å². The number of rotatable bonds is 3. The van der Waals surface area contributed by atoms with E-state index in [4.69, 9.17) is 10.00 Å². The summed E-state index contributed by atoms with van der Waals surface area (Å²) in [6.07, 6.45) is 1.82. The highest BCUT2D eigenvalue weighted by molar-refractivity contribution is 7.22. The standard InChI is InChI=1S/C21H14N2OS/c1-24-17-10-8-15(9-11-17)19-18-3-2-12-23-21(18)25-20(19)16-6-4-14(13-22)5-7-16/h2-12H,1H3. The summed E-state index contributed by atoms with van der Waals surface area (Å²) in [6, 6.07) is 22.0. The third-order valence-corrected chi connectivity index (χ3v) is 5.28. The fourth-order valence-corrected chi connectivity index (χ4v) is 4.05. The van der Waals surface area contributed by atoms with Crippen molar-refractivity contribution in [2.24, 2.45) is 0 Å². The van der Waals surface area contributed by atoms with E-state index in [1.165, 1.54) is 5.56 Å². The van der Waals surface area contributed by atoms with Gasteiger partial charge in [0.15, 0.2) is 0 Å². The van der Waals surface area contributed by atoms with Crippen LogP contribution in [-0.2, 0) is 0 Å². The van der Waals surface area contributed by atoms with Crippen molar-refractivity contribution in [2.75, 3.05) is 7.11 Å². The van der Waals surface area contributed by atoms with Crippen molar-refractivity contribution >= 4 is 21.6 Å². The van der Waals surface area contributed by atoms with Crippen molar-refractivity contribution in [3.8, 4) is 33.4 Å². The monoisotopic (exact) mass is 342 g/mol. The Hall–Kier alpha value is -3.16. The maximum Gasteiger partial charge on any atom is 0.124 e. The minimum atomic E-state index is 0.661. The Morgan fingerprint density at radius 2 is 1.68 bits per heavy atom. The van der Waals surface area contributed by atoms with Gasteiger partial charge in [-0.3, -0.25) is 0 Å². The maximum atomic E-state index is 9.03. The molecule has 0 saturated heterocycles. The summed E-state index contributed by atoms with van der Waals surface area (Å²) in [4.78, 5) is 6.69. The van der Waals surface area contributed by atoms with Crippen LogP contribution in [0.1, 0.15) is 5.56 Å². The molecule has 0 fully saturated rings. The molecule has 25 heavy (non-hydrogen) atoms. The second-order valence-corrected chi connectivity index (χ2v) is 6.58. The van der Waals surface area contributed by atoms with E-state index in [0.29, 0.717) is 5.56 Å². The number of hydrogen-bond acceptors (Lipinski definition) is 4. The quantitative estimate of drug-likeness (QED) is 0.493. The number of nitrogens with zero attached hydrogens (tertiary/aromatic N) is 2. The zero-order valence-electron chi connectivity index (χ0n) is 13.6. The zero-order valence-corrected chi connectivity index (χ0v) is 14.4. The van der Waals surface area contributed by atoms with Crippen LogP contribution in [0.2, 0.25) is 0 Å². The first-order valence-corrected chi connectivity index (χ1v) is 8.64. The topological polar surface area (TPSA) is 45.9 Å². The Kier molecular flexibility index (Phi) is 3.93. The first-order valence-electron chi connectivity index (χ1n) is 7.82. The lowest BCUT2D eigenvalue weighted by atomic mass is 9.99. The summed E-state index contributed by atoms with van der Waals surface area (Å²) < 4.78 is 5.27. The number of benzene rings is 2. The number of aromatic nitrogens is 1. The number of pyridine rings is 1. The average molecular weight is 342 g/mol. The SMILES string of the molecule is COc1ccc(-c2c(-c3ccc(C#N)cc3)sc3ncccc23)cc1. The van der Waals surface area contributed by atoms with Gasteiger partial charge in [-0.05, 0) is 47.5 Å². The van der Waals surface area contributed by atoms with E-state index in [1.807, 2.05) is 48.7 Å². The van der Waals surface area contributed by atoms with Gasteiger partial charge in [0, 0.05) is 22.0 Å². The van der Waals surface area contributed by atoms with Gasteiger partial charge in [0.1, 0.15) is 10.6 Å². The molecule has 0 atom stereocenters. The molecule has 4 rings (SSSR count). The van der Waals surface area contributed by atoms with Gasteiger partial charge in [0.2, 0.25) is 0 Å². The van der Waals surface area contributed by atoms with Gasteiger partial charge < -0.3 is 4.74 Å². The lowest BCUT2D eigenvalue weighted by Crippen LogP contribution is -1.84. The molecule has 2 heterocycles. The minimum absolute atomic E-state index is 0.661. The van der Waals surface area contributed by atoms with E-state index in [9.17, 15) is 0 Å². The molecule has 4 heteroatoms. The number of ether oxygens (including phenoxy) is 1. The Morgan fingerprint density at radius 3 is 2.36 bits per heavy atom. The molecule has 0 saturated carbocycles. The molecule has 2 aromatic heterocycles. The third-order valence-electron chi connectivity index (χ3n) is 4.12. The predicted octanol–water partition coefficient (Wildman–Crippen LogP) is 5.51. The number of thiophene rings is 1. The van der Waals surface area contributed by atoms with Crippen molar-refractivity contribution in [3.63, 3.8) is 0 Å². The smallest absolute Gasteiger partial charge is 0.124 e. The molecule has 4 aromatic rings. The van der Waals surface area contributed by atoms with E-state index in [-0.39, 0.29) is 0 Å². The second kappa shape index (κ2) is 6.39. The van der Waals surface area contributed by atoms with Gasteiger partial charge >= 0.3 is 0 Å². The largest absolute Gasteiger partial charge is 0.497 e. The summed E-state index contributed by atoms with van der Waals surface area (Å²) in [6.45, 7) is 0. The van der Waals surface area contributed by atoms with Crippen LogP contribution in [0.3, 0.4) is 0 Å². The molecule has 0 N–H and O–H groups in total. The first-order chi connectivity index (χ1) is 12.3. The molecular formula is C21H14N2OS. The van der Waals surface area contributed by atoms with Crippen molar-refractivity contribution in [2.45, 2.75) is 0 Å². The van der Waals surface area contributed by atoms with Gasteiger partial charge in [0.25, 0.3) is 0 Å². The van der Waals surface area contributed by atoms with Gasteiger partial charge in [-0.25, -0.2) is 4.98 Å². The highest BCUT2D eigenvalue weighted by Crippen LogP contribution is 2.44. The Balaban J connectivity index is 1.95. The van der Waals surface area contributed by atoms with Crippen molar-refractivity contribution in [1.82, 2.24) is 4.98 Å². The van der Waals surface area contributed by atoms with Crippen molar-refractivity contribution in [3.05, 3.63) is 72.4 Å². The molecule has 0 amide bonds. The van der Waals surface area contributed by atoms with Gasteiger partial charge in [-0.2, -0.15) is 5.26 Å². The third kappa shape index (κ3) is 2.75. The molecule has 0 unspecified atom stereocenters.